The Bertz CT molecular complexity index is 1440. The predicted molar refractivity (Wildman–Crippen MR) is 157 cm³/mol. The van der Waals surface area contributed by atoms with Gasteiger partial charge < -0.3 is 19.3 Å². The van der Waals surface area contributed by atoms with Crippen LogP contribution in [-0.4, -0.2) is 36.4 Å². The van der Waals surface area contributed by atoms with Gasteiger partial charge in [0.05, 0.1) is 30.8 Å². The van der Waals surface area contributed by atoms with E-state index in [9.17, 15) is 4.79 Å². The van der Waals surface area contributed by atoms with Crippen LogP contribution in [0.3, 0.4) is 0 Å². The van der Waals surface area contributed by atoms with Crippen molar-refractivity contribution in [2.75, 3.05) is 20.3 Å². The number of aromatic nitrogens is 1. The molecule has 1 atom stereocenters. The number of carboxylic acids is 1. The van der Waals surface area contributed by atoms with Gasteiger partial charge in [0.15, 0.2) is 0 Å². The Kier molecular flexibility index (Phi) is 10.6. The van der Waals surface area contributed by atoms with Gasteiger partial charge in [-0.3, -0.25) is 9.78 Å². The van der Waals surface area contributed by atoms with Gasteiger partial charge in [-0.05, 0) is 60.9 Å². The molecular formula is C30H31NO5S2. The Morgan fingerprint density at radius 2 is 1.87 bits per heavy atom. The molecule has 0 aliphatic heterocycles. The molecule has 0 saturated carbocycles. The van der Waals surface area contributed by atoms with E-state index in [1.165, 1.54) is 4.70 Å². The second-order valence-electron chi connectivity index (χ2n) is 8.56. The lowest BCUT2D eigenvalue weighted by molar-refractivity contribution is -0.137. The fourth-order valence-corrected chi connectivity index (χ4v) is 4.99. The topological polar surface area (TPSA) is 77.9 Å². The third-order valence-corrected chi connectivity index (χ3v) is 6.85. The van der Waals surface area contributed by atoms with Crippen molar-refractivity contribution in [3.05, 3.63) is 76.8 Å². The second kappa shape index (κ2) is 13.9. The Balaban J connectivity index is 0.00000400. The minimum absolute atomic E-state index is 0. The smallest absolute Gasteiger partial charge is 0.304 e. The van der Waals surface area contributed by atoms with Gasteiger partial charge in [-0.1, -0.05) is 24.1 Å². The molecule has 8 heteroatoms. The minimum atomic E-state index is -0.868. The highest BCUT2D eigenvalue weighted by Crippen LogP contribution is 2.36. The van der Waals surface area contributed by atoms with E-state index in [4.69, 9.17) is 19.3 Å². The van der Waals surface area contributed by atoms with Crippen LogP contribution >= 0.6 is 24.8 Å². The Labute approximate surface area is 234 Å². The van der Waals surface area contributed by atoms with Crippen molar-refractivity contribution < 1.29 is 24.1 Å². The number of nitrogens with zero attached hydrogens (tertiary/aromatic N) is 1. The number of benzene rings is 2. The monoisotopic (exact) mass is 549 g/mol. The summed E-state index contributed by atoms with van der Waals surface area (Å²) in [5, 5.41) is 12.4. The summed E-state index contributed by atoms with van der Waals surface area (Å²) < 4.78 is 18.0. The quantitative estimate of drug-likeness (QED) is 0.168. The highest BCUT2D eigenvalue weighted by Gasteiger charge is 2.14. The van der Waals surface area contributed by atoms with Gasteiger partial charge in [0.2, 0.25) is 0 Å². The van der Waals surface area contributed by atoms with E-state index >= 15 is 0 Å². The third kappa shape index (κ3) is 7.29. The van der Waals surface area contributed by atoms with Crippen LogP contribution in [0.4, 0.5) is 0 Å². The zero-order valence-electron chi connectivity index (χ0n) is 21.6. The molecule has 0 aliphatic carbocycles. The first-order chi connectivity index (χ1) is 18.0. The zero-order valence-corrected chi connectivity index (χ0v) is 23.4. The number of hydrogen-bond donors (Lipinski definition) is 1. The fourth-order valence-electron chi connectivity index (χ4n) is 4.07. The van der Waals surface area contributed by atoms with E-state index in [-0.39, 0.29) is 25.8 Å². The summed E-state index contributed by atoms with van der Waals surface area (Å²) in [4.78, 5) is 15.8. The van der Waals surface area contributed by atoms with Crippen molar-refractivity contribution in [3.63, 3.8) is 0 Å². The lowest BCUT2D eigenvalue weighted by Gasteiger charge is -2.11. The normalized spacial score (nSPS) is 11.2. The average Bonchev–Trinajstić information content (AvgIpc) is 3.30. The minimum Gasteiger partial charge on any atom is -0.490 e. The van der Waals surface area contributed by atoms with Crippen molar-refractivity contribution >= 4 is 40.9 Å². The summed E-state index contributed by atoms with van der Waals surface area (Å²) in [7, 11) is 1.65. The number of pyridine rings is 1. The third-order valence-electron chi connectivity index (χ3n) is 5.89. The maximum absolute atomic E-state index is 11.1. The van der Waals surface area contributed by atoms with Crippen molar-refractivity contribution in [1.29, 1.82) is 0 Å². The molecule has 2 heterocycles. The molecule has 198 valence electrons. The number of hydrogen-bond acceptors (Lipinski definition) is 6. The maximum Gasteiger partial charge on any atom is 0.304 e. The number of aliphatic carboxylic acids is 1. The summed E-state index contributed by atoms with van der Waals surface area (Å²) in [5.41, 5.74) is 4.99. The molecule has 4 aromatic rings. The molecule has 0 spiro atoms. The number of ether oxygens (including phenoxy) is 3. The molecular weight excluding hydrogens is 518 g/mol. The lowest BCUT2D eigenvalue weighted by Crippen LogP contribution is -2.04. The van der Waals surface area contributed by atoms with Gasteiger partial charge in [-0.25, -0.2) is 0 Å². The molecule has 0 unspecified atom stereocenters. The molecule has 6 nitrogen and oxygen atoms in total. The number of rotatable bonds is 11. The molecule has 4 rings (SSSR count). The molecule has 38 heavy (non-hydrogen) atoms. The molecule has 0 radical (unpaired) electrons. The Morgan fingerprint density at radius 1 is 1.08 bits per heavy atom. The number of carboxylic acid groups (broad SMARTS) is 1. The van der Waals surface area contributed by atoms with Crippen LogP contribution in [0.1, 0.15) is 36.0 Å². The van der Waals surface area contributed by atoms with E-state index in [1.54, 1.807) is 31.6 Å². The van der Waals surface area contributed by atoms with Gasteiger partial charge >= 0.3 is 5.97 Å². The number of carbonyl (C=O) groups is 1. The molecule has 1 N–H and O–H groups in total. The summed E-state index contributed by atoms with van der Waals surface area (Å²) >= 11 is 1.69. The molecule has 0 aliphatic rings. The summed E-state index contributed by atoms with van der Waals surface area (Å²) in [6, 6.07) is 15.8. The van der Waals surface area contributed by atoms with Crippen LogP contribution in [0.5, 0.6) is 11.5 Å². The van der Waals surface area contributed by atoms with Crippen molar-refractivity contribution in [3.8, 4) is 34.6 Å². The molecule has 0 saturated heterocycles. The van der Waals surface area contributed by atoms with Gasteiger partial charge in [0.25, 0.3) is 0 Å². The molecule has 2 aromatic heterocycles. The first-order valence-corrected chi connectivity index (χ1v) is 12.8. The summed E-state index contributed by atoms with van der Waals surface area (Å²) in [6.45, 7) is 5.19. The van der Waals surface area contributed by atoms with Crippen LogP contribution in [0.25, 0.3) is 21.3 Å². The van der Waals surface area contributed by atoms with Gasteiger partial charge in [-0.2, -0.15) is 13.5 Å². The molecule has 0 fully saturated rings. The highest BCUT2D eigenvalue weighted by atomic mass is 32.1. The maximum atomic E-state index is 11.1. The van der Waals surface area contributed by atoms with Crippen molar-refractivity contribution in [1.82, 2.24) is 4.98 Å². The van der Waals surface area contributed by atoms with E-state index < -0.39 is 5.97 Å². The first-order valence-electron chi connectivity index (χ1n) is 11.9. The lowest BCUT2D eigenvalue weighted by atomic mass is 9.96. The van der Waals surface area contributed by atoms with E-state index in [2.05, 4.69) is 40.4 Å². The van der Waals surface area contributed by atoms with Gasteiger partial charge in [0.1, 0.15) is 24.7 Å². The second-order valence-corrected chi connectivity index (χ2v) is 9.47. The van der Waals surface area contributed by atoms with E-state index in [0.717, 1.165) is 44.8 Å². The Morgan fingerprint density at radius 3 is 2.55 bits per heavy atom. The number of fused-ring (bicyclic) bond motifs is 1. The van der Waals surface area contributed by atoms with Crippen molar-refractivity contribution in [2.45, 2.75) is 32.8 Å². The van der Waals surface area contributed by atoms with Crippen LogP contribution in [-0.2, 0) is 16.1 Å². The number of methoxy groups -OCH3 is 1. The Hall–Kier alpha value is -3.51. The first kappa shape index (κ1) is 29.1. The molecule has 2 aromatic carbocycles. The van der Waals surface area contributed by atoms with E-state index in [1.807, 2.05) is 37.3 Å². The number of thiophene rings is 1. The van der Waals surface area contributed by atoms with Crippen LogP contribution in [0.2, 0.25) is 0 Å². The SMILES string of the molecule is CC#C[C@@H](CC(=O)O)c1ccc(OCc2ccc3scc(-c4ncc(OCCOC)cc4C)c3c2)cc1.S. The van der Waals surface area contributed by atoms with Crippen molar-refractivity contribution in [2.24, 2.45) is 0 Å². The van der Waals surface area contributed by atoms with Gasteiger partial charge in [-0.15, -0.1) is 17.3 Å². The predicted octanol–water partition coefficient (Wildman–Crippen LogP) is 6.57. The largest absolute Gasteiger partial charge is 0.490 e. The van der Waals surface area contributed by atoms with Gasteiger partial charge in [0, 0.05) is 28.1 Å². The number of aryl methyl sites for hydroxylation is 1. The van der Waals surface area contributed by atoms with Crippen LogP contribution < -0.4 is 9.47 Å². The fraction of sp³-hybridized carbons (Fsp3) is 0.267. The highest BCUT2D eigenvalue weighted by molar-refractivity contribution is 7.59. The average molecular weight is 550 g/mol. The zero-order chi connectivity index (χ0) is 26.2. The molecule has 0 amide bonds. The summed E-state index contributed by atoms with van der Waals surface area (Å²) in [5.74, 6) is 6.04. The van der Waals surface area contributed by atoms with Crippen LogP contribution in [0, 0.1) is 18.8 Å². The summed E-state index contributed by atoms with van der Waals surface area (Å²) in [6.07, 6.45) is 1.73. The standard InChI is InChI=1S/C30H29NO5S.H2S/c1-4-5-23(16-29(32)33)22-7-9-24(10-8-22)36-18-21-6-11-28-26(15-21)27(19-37-28)30-20(2)14-25(17-31-30)35-13-12-34-3;/h6-11,14-15,17,19,23H,12-13,16,18H2,1-3H3,(H,32,33);1H2/t23-;/m0./s1. The van der Waals surface area contributed by atoms with Crippen LogP contribution in [0.15, 0.2) is 60.1 Å². The van der Waals surface area contributed by atoms with E-state index in [0.29, 0.717) is 19.8 Å². The molecule has 0 bridgehead atoms.